The number of aromatic nitrogens is 1. The average Bonchev–Trinajstić information content (AvgIpc) is 3.56. The number of rotatable bonds is 21. The normalized spacial score (nSPS) is 15.0. The van der Waals surface area contributed by atoms with E-state index < -0.39 is 50.3 Å². The standard InChI is InChI=1S/C46H68N4O6Si/c1-15-32(10)35(13)55-43(51)26-41(36-20-22-38(23-21-36)56-57(29(4)5,30(6)7)31(8)9)49-45(53)42(25-37-27-47-40-19-17-16-18-39(37)40)50(14)46(54)34(12)48-44(52)33(11)24-28(2)3/h15-23,27,29-35,41-42,47H,1-2,24-26H2,3-14H3,(H,48,52)(H,49,53)/t32-,33-,34-,35-,41+,42+/m0/s1. The third kappa shape index (κ3) is 11.9. The van der Waals surface area contributed by atoms with Gasteiger partial charge in [-0.25, -0.2) is 0 Å². The van der Waals surface area contributed by atoms with E-state index >= 15 is 0 Å². The number of amides is 3. The van der Waals surface area contributed by atoms with Crippen LogP contribution in [0, 0.1) is 11.8 Å². The fourth-order valence-corrected chi connectivity index (χ4v) is 13.2. The maximum Gasteiger partial charge on any atom is 0.308 e. The molecule has 0 saturated heterocycles. The lowest BCUT2D eigenvalue weighted by Gasteiger charge is -2.42. The predicted molar refractivity (Wildman–Crippen MR) is 233 cm³/mol. The van der Waals surface area contributed by atoms with Crippen molar-refractivity contribution in [2.75, 3.05) is 7.05 Å². The molecule has 3 rings (SSSR count). The van der Waals surface area contributed by atoms with E-state index in [4.69, 9.17) is 9.16 Å². The Morgan fingerprint density at radius 2 is 1.44 bits per heavy atom. The summed E-state index contributed by atoms with van der Waals surface area (Å²) < 4.78 is 12.7. The van der Waals surface area contributed by atoms with E-state index in [1.54, 1.807) is 27.0 Å². The first-order valence-corrected chi connectivity index (χ1v) is 22.5. The lowest BCUT2D eigenvalue weighted by atomic mass is 9.99. The molecule has 3 aromatic rings. The number of H-pyrrole nitrogens is 1. The quantitative estimate of drug-likeness (QED) is 0.0560. The van der Waals surface area contributed by atoms with E-state index in [1.807, 2.05) is 75.5 Å². The van der Waals surface area contributed by atoms with Crippen LogP contribution in [-0.4, -0.2) is 67.1 Å². The molecular formula is C46H68N4O6Si. The number of carbonyl (C=O) groups is 4. The predicted octanol–water partition coefficient (Wildman–Crippen LogP) is 9.20. The van der Waals surface area contributed by atoms with Gasteiger partial charge in [-0.15, -0.1) is 13.2 Å². The molecule has 10 nitrogen and oxygen atoms in total. The van der Waals surface area contributed by atoms with Crippen LogP contribution in [0.1, 0.15) is 106 Å². The van der Waals surface area contributed by atoms with Crippen LogP contribution >= 0.6 is 0 Å². The first kappa shape index (κ1) is 46.7. The molecule has 0 spiro atoms. The summed E-state index contributed by atoms with van der Waals surface area (Å²) in [6.07, 6.45) is 3.68. The number of likely N-dealkylation sites (N-methyl/N-ethyl adjacent to an activating group) is 1. The van der Waals surface area contributed by atoms with E-state index in [0.717, 1.165) is 27.8 Å². The van der Waals surface area contributed by atoms with E-state index in [0.29, 0.717) is 28.6 Å². The fourth-order valence-electron chi connectivity index (χ4n) is 7.97. The number of esters is 1. The Balaban J connectivity index is 2.02. The first-order valence-electron chi connectivity index (χ1n) is 20.4. The number of aromatic amines is 1. The van der Waals surface area contributed by atoms with E-state index in [1.165, 1.54) is 4.90 Å². The summed E-state index contributed by atoms with van der Waals surface area (Å²) >= 11 is 0. The van der Waals surface area contributed by atoms with Gasteiger partial charge in [0.1, 0.15) is 23.9 Å². The molecule has 0 saturated carbocycles. The van der Waals surface area contributed by atoms with Crippen molar-refractivity contribution in [1.29, 1.82) is 0 Å². The number of fused-ring (bicyclic) bond motifs is 1. The summed E-state index contributed by atoms with van der Waals surface area (Å²) in [6.45, 7) is 30.2. The van der Waals surface area contributed by atoms with Crippen LogP contribution in [0.15, 0.2) is 79.5 Å². The lowest BCUT2D eigenvalue weighted by molar-refractivity contribution is -0.150. The van der Waals surface area contributed by atoms with Crippen LogP contribution in [-0.2, 0) is 30.3 Å². The van der Waals surface area contributed by atoms with Crippen LogP contribution in [0.4, 0.5) is 0 Å². The van der Waals surface area contributed by atoms with Gasteiger partial charge in [-0.05, 0) is 73.1 Å². The largest absolute Gasteiger partial charge is 0.543 e. The number of nitrogens with one attached hydrogen (secondary N) is 3. The Kier molecular flexibility index (Phi) is 17.0. The molecule has 3 N–H and O–H groups in total. The third-order valence-electron chi connectivity index (χ3n) is 11.4. The van der Waals surface area contributed by atoms with Gasteiger partial charge in [-0.3, -0.25) is 19.2 Å². The zero-order valence-electron chi connectivity index (χ0n) is 36.4. The van der Waals surface area contributed by atoms with Crippen LogP contribution in [0.25, 0.3) is 10.9 Å². The highest BCUT2D eigenvalue weighted by atomic mass is 28.4. The molecule has 57 heavy (non-hydrogen) atoms. The molecule has 1 heterocycles. The van der Waals surface area contributed by atoms with Gasteiger partial charge in [0.2, 0.25) is 17.7 Å². The Labute approximate surface area is 342 Å². The lowest BCUT2D eigenvalue weighted by Crippen LogP contribution is -2.55. The minimum Gasteiger partial charge on any atom is -0.543 e. The number of hydrogen-bond donors (Lipinski definition) is 3. The molecule has 3 amide bonds. The molecule has 0 fully saturated rings. The van der Waals surface area contributed by atoms with E-state index in [9.17, 15) is 19.2 Å². The monoisotopic (exact) mass is 800 g/mol. The number of benzene rings is 2. The van der Waals surface area contributed by atoms with Crippen molar-refractivity contribution in [1.82, 2.24) is 20.5 Å². The number of carbonyl (C=O) groups excluding carboxylic acids is 4. The van der Waals surface area contributed by atoms with Gasteiger partial charge in [0, 0.05) is 42.4 Å². The van der Waals surface area contributed by atoms with Gasteiger partial charge in [0.05, 0.1) is 12.5 Å². The molecule has 6 atom stereocenters. The zero-order chi connectivity index (χ0) is 42.8. The van der Waals surface area contributed by atoms with Crippen molar-refractivity contribution >= 4 is 42.9 Å². The van der Waals surface area contributed by atoms with Gasteiger partial charge in [-0.2, -0.15) is 0 Å². The average molecular weight is 801 g/mol. The molecule has 1 aromatic heterocycles. The van der Waals surface area contributed by atoms with Gasteiger partial charge in [0.25, 0.3) is 8.32 Å². The number of hydrogen-bond acceptors (Lipinski definition) is 6. The van der Waals surface area contributed by atoms with Crippen molar-refractivity contribution in [2.24, 2.45) is 11.8 Å². The number of ether oxygens (including phenoxy) is 1. The molecule has 0 aliphatic carbocycles. The van der Waals surface area contributed by atoms with Crippen LogP contribution in [0.3, 0.4) is 0 Å². The van der Waals surface area contributed by atoms with Gasteiger partial charge < -0.3 is 29.7 Å². The highest BCUT2D eigenvalue weighted by molar-refractivity contribution is 6.78. The smallest absolute Gasteiger partial charge is 0.308 e. The molecule has 0 aliphatic rings. The molecule has 312 valence electrons. The summed E-state index contributed by atoms with van der Waals surface area (Å²) in [6, 6.07) is 12.7. The Hall–Kier alpha value is -4.64. The summed E-state index contributed by atoms with van der Waals surface area (Å²) in [7, 11) is -0.670. The molecule has 11 heteroatoms. The minimum atomic E-state index is -2.24. The van der Waals surface area contributed by atoms with E-state index in [-0.39, 0.29) is 30.6 Å². The molecule has 2 aromatic carbocycles. The number of nitrogens with zero attached hydrogens (tertiary/aromatic N) is 1. The van der Waals surface area contributed by atoms with Crippen molar-refractivity contribution in [3.63, 3.8) is 0 Å². The highest BCUT2D eigenvalue weighted by Gasteiger charge is 2.47. The molecule has 0 unspecified atom stereocenters. The van der Waals surface area contributed by atoms with Crippen LogP contribution in [0.2, 0.25) is 16.6 Å². The minimum absolute atomic E-state index is 0.0720. The highest BCUT2D eigenvalue weighted by Crippen LogP contribution is 2.43. The maximum absolute atomic E-state index is 14.7. The second kappa shape index (κ2) is 20.7. The second-order valence-electron chi connectivity index (χ2n) is 16.9. The summed E-state index contributed by atoms with van der Waals surface area (Å²) in [5.74, 6) is -1.33. The molecular weight excluding hydrogens is 733 g/mol. The van der Waals surface area contributed by atoms with Crippen molar-refractivity contribution in [3.05, 3.63) is 90.7 Å². The third-order valence-corrected chi connectivity index (χ3v) is 17.4. The maximum atomic E-state index is 14.7. The molecule has 0 bridgehead atoms. The van der Waals surface area contributed by atoms with Crippen molar-refractivity contribution in [2.45, 2.75) is 136 Å². The molecule has 0 aliphatic heterocycles. The zero-order valence-corrected chi connectivity index (χ0v) is 37.4. The number of allylic oxidation sites excluding steroid dienone is 1. The fraction of sp³-hybridized carbons (Fsp3) is 0.522. The first-order chi connectivity index (χ1) is 26.7. The Morgan fingerprint density at radius 3 is 2.00 bits per heavy atom. The van der Waals surface area contributed by atoms with E-state index in [2.05, 4.69) is 70.3 Å². The number of para-hydroxylation sites is 1. The van der Waals surface area contributed by atoms with Crippen LogP contribution < -0.4 is 15.1 Å². The Morgan fingerprint density at radius 1 is 0.842 bits per heavy atom. The SMILES string of the molecule is C=C[C@H](C)[C@H](C)OC(=O)C[C@@H](NC(=O)[C@@H](Cc1c[nH]c2ccccc12)N(C)C(=O)[C@H](C)NC(=O)[C@@H](C)CC(=C)C)c1ccc(O[Si](C(C)C)(C(C)C)C(C)C)cc1. The van der Waals surface area contributed by atoms with Crippen molar-refractivity contribution < 1.29 is 28.3 Å². The topological polar surface area (TPSA) is 130 Å². The van der Waals surface area contributed by atoms with Gasteiger partial charge >= 0.3 is 5.97 Å². The van der Waals surface area contributed by atoms with Crippen molar-refractivity contribution in [3.8, 4) is 5.75 Å². The van der Waals surface area contributed by atoms with Gasteiger partial charge in [0.15, 0.2) is 0 Å². The summed E-state index contributed by atoms with van der Waals surface area (Å²) in [5.41, 5.74) is 4.43. The van der Waals surface area contributed by atoms with Gasteiger partial charge in [-0.1, -0.05) is 97.4 Å². The second-order valence-corrected chi connectivity index (χ2v) is 22.2. The Bertz CT molecular complexity index is 1830. The summed E-state index contributed by atoms with van der Waals surface area (Å²) in [4.78, 5) is 59.8. The van der Waals surface area contributed by atoms with Crippen LogP contribution in [0.5, 0.6) is 5.75 Å². The molecule has 0 radical (unpaired) electrons. The summed E-state index contributed by atoms with van der Waals surface area (Å²) in [5, 5.41) is 6.88.